The number of hydrogen-bond acceptors (Lipinski definition) is 2. The standard InChI is InChI=1S/C13H13ClN2O2/c14-10-6-16-12-3-7(1-2-9(10)12)11-4-8(5-15-11)13(17)18/h1-3,6,8,11,15-16H,4-5H2,(H,17,18). The van der Waals surface area contributed by atoms with Gasteiger partial charge < -0.3 is 15.4 Å². The van der Waals surface area contributed by atoms with E-state index >= 15 is 0 Å². The number of hydrogen-bond donors (Lipinski definition) is 3. The maximum Gasteiger partial charge on any atom is 0.307 e. The Morgan fingerprint density at radius 2 is 2.28 bits per heavy atom. The lowest BCUT2D eigenvalue weighted by Crippen LogP contribution is -2.17. The Hall–Kier alpha value is -1.52. The van der Waals surface area contributed by atoms with Gasteiger partial charge in [-0.25, -0.2) is 0 Å². The highest BCUT2D eigenvalue weighted by molar-refractivity contribution is 6.35. The molecule has 18 heavy (non-hydrogen) atoms. The molecule has 0 amide bonds. The zero-order valence-corrected chi connectivity index (χ0v) is 10.4. The molecule has 3 N–H and O–H groups in total. The summed E-state index contributed by atoms with van der Waals surface area (Å²) >= 11 is 6.02. The number of carboxylic acids is 1. The Morgan fingerprint density at radius 1 is 1.44 bits per heavy atom. The Balaban J connectivity index is 1.89. The summed E-state index contributed by atoms with van der Waals surface area (Å²) in [7, 11) is 0. The van der Waals surface area contributed by atoms with Crippen molar-refractivity contribution < 1.29 is 9.90 Å². The van der Waals surface area contributed by atoms with Crippen LogP contribution in [0, 0.1) is 5.92 Å². The molecule has 1 aliphatic rings. The van der Waals surface area contributed by atoms with Crippen LogP contribution in [-0.4, -0.2) is 22.6 Å². The summed E-state index contributed by atoms with van der Waals surface area (Å²) in [5.41, 5.74) is 2.09. The van der Waals surface area contributed by atoms with Crippen LogP contribution in [0.5, 0.6) is 0 Å². The molecule has 0 aliphatic carbocycles. The van der Waals surface area contributed by atoms with Crippen molar-refractivity contribution in [2.24, 2.45) is 5.92 Å². The van der Waals surface area contributed by atoms with Crippen molar-refractivity contribution in [2.75, 3.05) is 6.54 Å². The van der Waals surface area contributed by atoms with E-state index in [1.165, 1.54) is 0 Å². The monoisotopic (exact) mass is 264 g/mol. The molecule has 1 aromatic heterocycles. The fourth-order valence-corrected chi connectivity index (χ4v) is 2.72. The van der Waals surface area contributed by atoms with Crippen LogP contribution in [0.1, 0.15) is 18.0 Å². The molecule has 1 aliphatic heterocycles. The van der Waals surface area contributed by atoms with Crippen LogP contribution in [-0.2, 0) is 4.79 Å². The van der Waals surface area contributed by atoms with Crippen LogP contribution in [0.3, 0.4) is 0 Å². The molecule has 2 atom stereocenters. The van der Waals surface area contributed by atoms with Gasteiger partial charge in [-0.2, -0.15) is 0 Å². The van der Waals surface area contributed by atoms with E-state index in [9.17, 15) is 4.79 Å². The molecule has 1 aromatic carbocycles. The molecule has 0 radical (unpaired) electrons. The first-order valence-electron chi connectivity index (χ1n) is 5.88. The Kier molecular flexibility index (Phi) is 2.76. The number of aliphatic carboxylic acids is 1. The predicted molar refractivity (Wildman–Crippen MR) is 69.8 cm³/mol. The van der Waals surface area contributed by atoms with Crippen molar-refractivity contribution in [1.29, 1.82) is 0 Å². The summed E-state index contributed by atoms with van der Waals surface area (Å²) in [5.74, 6) is -1.02. The van der Waals surface area contributed by atoms with Crippen LogP contribution < -0.4 is 5.32 Å². The van der Waals surface area contributed by atoms with E-state index in [1.807, 2.05) is 18.2 Å². The van der Waals surface area contributed by atoms with Crippen LogP contribution in [0.15, 0.2) is 24.4 Å². The second-order valence-electron chi connectivity index (χ2n) is 4.67. The molecule has 2 heterocycles. The van der Waals surface area contributed by atoms with Gasteiger partial charge in [-0.1, -0.05) is 23.7 Å². The van der Waals surface area contributed by atoms with Gasteiger partial charge in [-0.15, -0.1) is 0 Å². The minimum Gasteiger partial charge on any atom is -0.481 e. The quantitative estimate of drug-likeness (QED) is 0.781. The van der Waals surface area contributed by atoms with Crippen molar-refractivity contribution >= 4 is 28.5 Å². The lowest BCUT2D eigenvalue weighted by molar-refractivity contribution is -0.141. The lowest BCUT2D eigenvalue weighted by atomic mass is 9.99. The van der Waals surface area contributed by atoms with Crippen molar-refractivity contribution in [3.05, 3.63) is 35.0 Å². The molecule has 94 valence electrons. The largest absolute Gasteiger partial charge is 0.481 e. The topological polar surface area (TPSA) is 65.1 Å². The summed E-state index contributed by atoms with van der Waals surface area (Å²) in [6.45, 7) is 0.531. The van der Waals surface area contributed by atoms with Crippen molar-refractivity contribution in [3.8, 4) is 0 Å². The zero-order chi connectivity index (χ0) is 12.7. The third kappa shape index (κ3) is 1.87. The molecule has 3 rings (SSSR count). The van der Waals surface area contributed by atoms with E-state index in [0.29, 0.717) is 18.0 Å². The fourth-order valence-electron chi connectivity index (χ4n) is 2.50. The molecule has 2 aromatic rings. The maximum absolute atomic E-state index is 10.9. The average molecular weight is 265 g/mol. The minimum absolute atomic E-state index is 0.109. The van der Waals surface area contributed by atoms with Crippen LogP contribution in [0.2, 0.25) is 5.02 Å². The molecule has 2 unspecified atom stereocenters. The maximum atomic E-state index is 10.9. The molecular formula is C13H13ClN2O2. The van der Waals surface area contributed by atoms with Gasteiger partial charge in [0, 0.05) is 29.7 Å². The SMILES string of the molecule is O=C(O)C1CNC(c2ccc3c(Cl)c[nH]c3c2)C1. The van der Waals surface area contributed by atoms with Gasteiger partial charge in [0.15, 0.2) is 0 Å². The number of H-pyrrole nitrogens is 1. The Labute approximate surface area is 109 Å². The van der Waals surface area contributed by atoms with Gasteiger partial charge >= 0.3 is 5.97 Å². The number of carboxylic acid groups (broad SMARTS) is 1. The molecule has 1 saturated heterocycles. The Morgan fingerprint density at radius 3 is 3.00 bits per heavy atom. The first-order chi connectivity index (χ1) is 8.65. The van der Waals surface area contributed by atoms with Gasteiger partial charge in [0.05, 0.1) is 10.9 Å². The molecule has 0 bridgehead atoms. The number of fused-ring (bicyclic) bond motifs is 1. The van der Waals surface area contributed by atoms with E-state index in [0.717, 1.165) is 16.5 Å². The molecule has 0 spiro atoms. The van der Waals surface area contributed by atoms with E-state index < -0.39 is 5.97 Å². The summed E-state index contributed by atoms with van der Waals surface area (Å²) in [5, 5.41) is 13.9. The number of benzene rings is 1. The summed E-state index contributed by atoms with van der Waals surface area (Å²) in [4.78, 5) is 14.0. The number of rotatable bonds is 2. The number of carbonyl (C=O) groups is 1. The highest BCUT2D eigenvalue weighted by atomic mass is 35.5. The normalized spacial score (nSPS) is 23.6. The number of aromatic nitrogens is 1. The van der Waals surface area contributed by atoms with Crippen molar-refractivity contribution in [3.63, 3.8) is 0 Å². The molecule has 0 saturated carbocycles. The highest BCUT2D eigenvalue weighted by Gasteiger charge is 2.30. The first kappa shape index (κ1) is 11.6. The van der Waals surface area contributed by atoms with Gasteiger partial charge in [0.25, 0.3) is 0 Å². The van der Waals surface area contributed by atoms with Gasteiger partial charge in [-0.05, 0) is 18.1 Å². The lowest BCUT2D eigenvalue weighted by Gasteiger charge is -2.10. The second-order valence-corrected chi connectivity index (χ2v) is 5.08. The molecule has 5 heteroatoms. The summed E-state index contributed by atoms with van der Waals surface area (Å²) in [6, 6.07) is 6.12. The number of halogens is 1. The third-order valence-corrected chi connectivity index (χ3v) is 3.85. The van der Waals surface area contributed by atoms with Crippen molar-refractivity contribution in [1.82, 2.24) is 10.3 Å². The third-order valence-electron chi connectivity index (χ3n) is 3.54. The fraction of sp³-hybridized carbons (Fsp3) is 0.308. The number of aromatic amines is 1. The van der Waals surface area contributed by atoms with Gasteiger partial charge in [0.1, 0.15) is 0 Å². The van der Waals surface area contributed by atoms with Crippen LogP contribution in [0.4, 0.5) is 0 Å². The van der Waals surface area contributed by atoms with Gasteiger partial charge in [0.2, 0.25) is 0 Å². The summed E-state index contributed by atoms with van der Waals surface area (Å²) < 4.78 is 0. The molecular weight excluding hydrogens is 252 g/mol. The van der Waals surface area contributed by atoms with E-state index in [4.69, 9.17) is 16.7 Å². The predicted octanol–water partition coefficient (Wildman–Crippen LogP) is 2.56. The van der Waals surface area contributed by atoms with Crippen LogP contribution >= 0.6 is 11.6 Å². The van der Waals surface area contributed by atoms with E-state index in [2.05, 4.69) is 10.3 Å². The molecule has 1 fully saturated rings. The summed E-state index contributed by atoms with van der Waals surface area (Å²) in [6.07, 6.45) is 2.40. The van der Waals surface area contributed by atoms with Gasteiger partial charge in [-0.3, -0.25) is 4.79 Å². The van der Waals surface area contributed by atoms with E-state index in [1.54, 1.807) is 6.20 Å². The zero-order valence-electron chi connectivity index (χ0n) is 9.61. The van der Waals surface area contributed by atoms with Crippen molar-refractivity contribution in [2.45, 2.75) is 12.5 Å². The average Bonchev–Trinajstić information content (AvgIpc) is 2.96. The minimum atomic E-state index is -0.728. The van der Waals surface area contributed by atoms with Crippen LogP contribution in [0.25, 0.3) is 10.9 Å². The highest BCUT2D eigenvalue weighted by Crippen LogP contribution is 2.31. The smallest absolute Gasteiger partial charge is 0.307 e. The number of nitrogens with one attached hydrogen (secondary N) is 2. The Bertz CT molecular complexity index is 608. The molecule has 4 nitrogen and oxygen atoms in total. The second kappa shape index (κ2) is 4.30. The first-order valence-corrected chi connectivity index (χ1v) is 6.25. The van der Waals surface area contributed by atoms with E-state index in [-0.39, 0.29) is 12.0 Å².